The smallest absolute Gasteiger partial charge is 0.251 e. The number of ketones is 1. The molecule has 8 heteroatoms. The molecule has 0 radical (unpaired) electrons. The number of sulfonamides is 1. The SMILES string of the molecule is CC(=O)c1ccc(S(=O)(=O)NCc2ccc(C(=O)NC(C)c3cccc(F)c3)cc2)cc1. The summed E-state index contributed by atoms with van der Waals surface area (Å²) in [6, 6.07) is 17.9. The van der Waals surface area contributed by atoms with Crippen LogP contribution in [0.5, 0.6) is 0 Å². The van der Waals surface area contributed by atoms with Gasteiger partial charge >= 0.3 is 0 Å². The zero-order valence-electron chi connectivity index (χ0n) is 17.6. The van der Waals surface area contributed by atoms with Crippen LogP contribution in [0.2, 0.25) is 0 Å². The minimum atomic E-state index is -3.75. The fourth-order valence-electron chi connectivity index (χ4n) is 3.04. The Hall–Kier alpha value is -3.36. The molecule has 0 fully saturated rings. The summed E-state index contributed by atoms with van der Waals surface area (Å²) in [6.45, 7) is 3.21. The average molecular weight is 455 g/mol. The number of rotatable bonds is 8. The first kappa shape index (κ1) is 23.3. The standard InChI is InChI=1S/C24H23FN2O4S/c1-16(21-4-3-5-22(25)14-21)27-24(29)20-8-6-18(7-9-20)15-26-32(30,31)23-12-10-19(11-13-23)17(2)28/h3-14,16,26H,15H2,1-2H3,(H,27,29). The lowest BCUT2D eigenvalue weighted by molar-refractivity contribution is 0.0939. The Morgan fingerprint density at radius 1 is 0.938 bits per heavy atom. The highest BCUT2D eigenvalue weighted by Crippen LogP contribution is 2.15. The van der Waals surface area contributed by atoms with Crippen molar-refractivity contribution in [1.29, 1.82) is 0 Å². The van der Waals surface area contributed by atoms with E-state index in [-0.39, 0.29) is 35.0 Å². The van der Waals surface area contributed by atoms with Crippen molar-refractivity contribution in [1.82, 2.24) is 10.0 Å². The van der Waals surface area contributed by atoms with Gasteiger partial charge in [-0.15, -0.1) is 0 Å². The van der Waals surface area contributed by atoms with E-state index in [1.54, 1.807) is 43.3 Å². The highest BCUT2D eigenvalue weighted by Gasteiger charge is 2.15. The number of halogens is 1. The molecule has 1 unspecified atom stereocenters. The van der Waals surface area contributed by atoms with E-state index in [4.69, 9.17) is 0 Å². The molecule has 32 heavy (non-hydrogen) atoms. The summed E-state index contributed by atoms with van der Waals surface area (Å²) in [5, 5.41) is 2.81. The molecule has 3 aromatic carbocycles. The van der Waals surface area contributed by atoms with Gasteiger partial charge in [0.1, 0.15) is 5.82 Å². The average Bonchev–Trinajstić information content (AvgIpc) is 2.78. The zero-order valence-corrected chi connectivity index (χ0v) is 18.4. The maximum Gasteiger partial charge on any atom is 0.251 e. The monoisotopic (exact) mass is 454 g/mol. The normalized spacial score (nSPS) is 12.2. The van der Waals surface area contributed by atoms with Crippen molar-refractivity contribution >= 4 is 21.7 Å². The van der Waals surface area contributed by atoms with Crippen LogP contribution in [0.25, 0.3) is 0 Å². The Labute approximate surface area is 186 Å². The molecule has 1 amide bonds. The second-order valence-corrected chi connectivity index (χ2v) is 9.12. The summed E-state index contributed by atoms with van der Waals surface area (Å²) in [4.78, 5) is 23.9. The van der Waals surface area contributed by atoms with Gasteiger partial charge in [-0.3, -0.25) is 9.59 Å². The van der Waals surface area contributed by atoms with Crippen LogP contribution in [-0.4, -0.2) is 20.1 Å². The van der Waals surface area contributed by atoms with Crippen molar-refractivity contribution in [2.24, 2.45) is 0 Å². The van der Waals surface area contributed by atoms with Crippen molar-refractivity contribution < 1.29 is 22.4 Å². The lowest BCUT2D eigenvalue weighted by Crippen LogP contribution is -2.27. The first-order valence-electron chi connectivity index (χ1n) is 9.91. The first-order chi connectivity index (χ1) is 15.2. The molecule has 0 aromatic heterocycles. The third kappa shape index (κ3) is 5.87. The zero-order chi connectivity index (χ0) is 23.3. The van der Waals surface area contributed by atoms with Gasteiger partial charge in [0.2, 0.25) is 10.0 Å². The van der Waals surface area contributed by atoms with Crippen molar-refractivity contribution in [3.63, 3.8) is 0 Å². The van der Waals surface area contributed by atoms with Crippen molar-refractivity contribution in [2.75, 3.05) is 0 Å². The highest BCUT2D eigenvalue weighted by atomic mass is 32.2. The maximum absolute atomic E-state index is 13.4. The summed E-state index contributed by atoms with van der Waals surface area (Å²) >= 11 is 0. The number of hydrogen-bond acceptors (Lipinski definition) is 4. The molecule has 2 N–H and O–H groups in total. The summed E-state index contributed by atoms with van der Waals surface area (Å²) in [7, 11) is -3.75. The van der Waals surface area contributed by atoms with Gasteiger partial charge in [0.05, 0.1) is 10.9 Å². The van der Waals surface area contributed by atoms with Gasteiger partial charge < -0.3 is 5.32 Å². The Morgan fingerprint density at radius 2 is 1.56 bits per heavy atom. The van der Waals surface area contributed by atoms with Crippen LogP contribution in [0.15, 0.2) is 77.7 Å². The molecule has 0 heterocycles. The molecule has 3 rings (SSSR count). The van der Waals surface area contributed by atoms with Crippen molar-refractivity contribution in [2.45, 2.75) is 31.3 Å². The number of benzene rings is 3. The summed E-state index contributed by atoms with van der Waals surface area (Å²) in [5.74, 6) is -0.832. The quantitative estimate of drug-likeness (QED) is 0.503. The van der Waals surface area contributed by atoms with E-state index in [0.717, 1.165) is 0 Å². The van der Waals surface area contributed by atoms with Gasteiger partial charge in [0, 0.05) is 17.7 Å². The van der Waals surface area contributed by atoms with E-state index in [9.17, 15) is 22.4 Å². The molecule has 166 valence electrons. The molecule has 0 aliphatic heterocycles. The lowest BCUT2D eigenvalue weighted by Gasteiger charge is -2.15. The van der Waals surface area contributed by atoms with Crippen LogP contribution < -0.4 is 10.0 Å². The molecule has 6 nitrogen and oxygen atoms in total. The molecule has 0 saturated carbocycles. The molecular formula is C24H23FN2O4S. The van der Waals surface area contributed by atoms with E-state index in [1.165, 1.54) is 43.3 Å². The molecular weight excluding hydrogens is 431 g/mol. The summed E-state index contributed by atoms with van der Waals surface area (Å²) < 4.78 is 40.8. The predicted octanol–water partition coefficient (Wildman–Crippen LogP) is 4.00. The Bertz CT molecular complexity index is 1220. The lowest BCUT2D eigenvalue weighted by atomic mass is 10.1. The third-order valence-electron chi connectivity index (χ3n) is 4.95. The summed E-state index contributed by atoms with van der Waals surface area (Å²) in [5.41, 5.74) is 2.16. The number of hydrogen-bond donors (Lipinski definition) is 2. The number of carbonyl (C=O) groups excluding carboxylic acids is 2. The Morgan fingerprint density at radius 3 is 2.16 bits per heavy atom. The largest absolute Gasteiger partial charge is 0.346 e. The third-order valence-corrected chi connectivity index (χ3v) is 6.37. The van der Waals surface area contributed by atoms with Gasteiger partial charge in [-0.1, -0.05) is 36.4 Å². The number of amides is 1. The van der Waals surface area contributed by atoms with Crippen molar-refractivity contribution in [3.8, 4) is 0 Å². The van der Waals surface area contributed by atoms with Crippen molar-refractivity contribution in [3.05, 3.63) is 101 Å². The molecule has 1 atom stereocenters. The van der Waals surface area contributed by atoms with E-state index in [0.29, 0.717) is 22.3 Å². The number of carbonyl (C=O) groups is 2. The van der Waals surface area contributed by atoms with Gasteiger partial charge in [-0.2, -0.15) is 0 Å². The van der Waals surface area contributed by atoms with Crippen LogP contribution in [-0.2, 0) is 16.6 Å². The second kappa shape index (κ2) is 9.84. The molecule has 0 spiro atoms. The molecule has 0 saturated heterocycles. The predicted molar refractivity (Wildman–Crippen MR) is 119 cm³/mol. The molecule has 0 aliphatic rings. The molecule has 3 aromatic rings. The van der Waals surface area contributed by atoms with E-state index in [2.05, 4.69) is 10.0 Å². The van der Waals surface area contributed by atoms with Gasteiger partial charge in [0.15, 0.2) is 5.78 Å². The van der Waals surface area contributed by atoms with Crippen LogP contribution >= 0.6 is 0 Å². The van der Waals surface area contributed by atoms with Gasteiger partial charge in [-0.25, -0.2) is 17.5 Å². The van der Waals surface area contributed by atoms with Crippen LogP contribution in [0.4, 0.5) is 4.39 Å². The van der Waals surface area contributed by atoms with E-state index < -0.39 is 10.0 Å². The number of Topliss-reactive ketones (excluding diaryl/α,β-unsaturated/α-hetero) is 1. The maximum atomic E-state index is 13.4. The fourth-order valence-corrected chi connectivity index (χ4v) is 4.06. The minimum Gasteiger partial charge on any atom is -0.346 e. The van der Waals surface area contributed by atoms with Gasteiger partial charge in [-0.05, 0) is 61.4 Å². The summed E-state index contributed by atoms with van der Waals surface area (Å²) in [6.07, 6.45) is 0. The van der Waals surface area contributed by atoms with Crippen LogP contribution in [0.3, 0.4) is 0 Å². The Balaban J connectivity index is 1.60. The van der Waals surface area contributed by atoms with E-state index in [1.807, 2.05) is 0 Å². The highest BCUT2D eigenvalue weighted by molar-refractivity contribution is 7.89. The van der Waals surface area contributed by atoms with E-state index >= 15 is 0 Å². The van der Waals surface area contributed by atoms with Crippen LogP contribution in [0.1, 0.15) is 51.7 Å². The number of nitrogens with one attached hydrogen (secondary N) is 2. The molecule has 0 bridgehead atoms. The fraction of sp³-hybridized carbons (Fsp3) is 0.167. The second-order valence-electron chi connectivity index (χ2n) is 7.35. The van der Waals surface area contributed by atoms with Gasteiger partial charge in [0.25, 0.3) is 5.91 Å². The topological polar surface area (TPSA) is 92.3 Å². The molecule has 0 aliphatic carbocycles. The van der Waals surface area contributed by atoms with Crippen LogP contribution in [0, 0.1) is 5.82 Å². The Kier molecular flexibility index (Phi) is 7.17. The minimum absolute atomic E-state index is 0.0401. The first-order valence-corrected chi connectivity index (χ1v) is 11.4.